The van der Waals surface area contributed by atoms with Crippen molar-refractivity contribution < 1.29 is 0 Å². The fourth-order valence-electron chi connectivity index (χ4n) is 3.11. The standard InChI is InChI=1S/C22H22N4S/c1-14(2)16-7-9-17(10-8-16)24-22-25-21-19(5-4-6-20(21)27-26-22)18-11-12-23-13-15(18)3/h4-14H,1-3H3,(H2,24,25,26). The highest BCUT2D eigenvalue weighted by Gasteiger charge is 2.18. The summed E-state index contributed by atoms with van der Waals surface area (Å²) in [7, 11) is 0. The molecule has 3 aromatic rings. The van der Waals surface area contributed by atoms with Crippen LogP contribution < -0.4 is 10.6 Å². The molecule has 2 N–H and O–H groups in total. The number of nitrogens with one attached hydrogen (secondary N) is 2. The molecule has 0 saturated heterocycles. The Balaban J connectivity index is 1.60. The molecule has 5 heteroatoms. The summed E-state index contributed by atoms with van der Waals surface area (Å²) in [5.41, 5.74) is 6.91. The summed E-state index contributed by atoms with van der Waals surface area (Å²) in [5, 5.41) is 6.86. The number of fused-ring (bicyclic) bond motifs is 1. The topological polar surface area (TPSA) is 49.3 Å². The molecule has 0 fully saturated rings. The quantitative estimate of drug-likeness (QED) is 0.545. The van der Waals surface area contributed by atoms with E-state index in [-0.39, 0.29) is 0 Å². The first-order valence-electron chi connectivity index (χ1n) is 9.05. The van der Waals surface area contributed by atoms with Crippen LogP contribution >= 0.6 is 11.9 Å². The Morgan fingerprint density at radius 3 is 2.56 bits per heavy atom. The summed E-state index contributed by atoms with van der Waals surface area (Å²) < 4.78 is 4.58. The number of rotatable bonds is 3. The summed E-state index contributed by atoms with van der Waals surface area (Å²) in [5.74, 6) is 1.27. The summed E-state index contributed by atoms with van der Waals surface area (Å²) in [6, 6.07) is 16.9. The molecule has 0 bridgehead atoms. The molecule has 1 aliphatic heterocycles. The van der Waals surface area contributed by atoms with E-state index in [1.165, 1.54) is 23.1 Å². The second kappa shape index (κ2) is 7.45. The zero-order chi connectivity index (χ0) is 18.8. The molecule has 0 unspecified atom stereocenters. The van der Waals surface area contributed by atoms with Gasteiger partial charge in [-0.3, -0.25) is 4.98 Å². The monoisotopic (exact) mass is 374 g/mol. The Hall–Kier alpha value is -2.79. The predicted octanol–water partition coefficient (Wildman–Crippen LogP) is 6.08. The van der Waals surface area contributed by atoms with Crippen LogP contribution in [0.25, 0.3) is 11.1 Å². The molecule has 2 heterocycles. The Kier molecular flexibility index (Phi) is 4.86. The summed E-state index contributed by atoms with van der Waals surface area (Å²) in [6.45, 7) is 6.48. The summed E-state index contributed by atoms with van der Waals surface area (Å²) in [6.07, 6.45) is 3.73. The van der Waals surface area contributed by atoms with Crippen LogP contribution in [0.4, 0.5) is 11.4 Å². The van der Waals surface area contributed by atoms with Crippen LogP contribution in [0, 0.1) is 6.92 Å². The van der Waals surface area contributed by atoms with Gasteiger partial charge in [0.1, 0.15) is 0 Å². The highest BCUT2D eigenvalue weighted by Crippen LogP contribution is 2.40. The normalized spacial score (nSPS) is 13.0. The lowest BCUT2D eigenvalue weighted by atomic mass is 10.0. The minimum absolute atomic E-state index is 0.526. The van der Waals surface area contributed by atoms with Gasteiger partial charge in [-0.2, -0.15) is 4.40 Å². The average Bonchev–Trinajstić information content (AvgIpc) is 2.68. The second-order valence-electron chi connectivity index (χ2n) is 6.93. The van der Waals surface area contributed by atoms with Gasteiger partial charge in [-0.25, -0.2) is 0 Å². The van der Waals surface area contributed by atoms with Gasteiger partial charge in [0.2, 0.25) is 5.96 Å². The smallest absolute Gasteiger partial charge is 0.212 e. The maximum absolute atomic E-state index is 4.58. The van der Waals surface area contributed by atoms with Gasteiger partial charge >= 0.3 is 0 Å². The molecule has 2 aromatic carbocycles. The molecule has 4 nitrogen and oxygen atoms in total. The first-order valence-corrected chi connectivity index (χ1v) is 9.82. The maximum Gasteiger partial charge on any atom is 0.212 e. The van der Waals surface area contributed by atoms with Crippen LogP contribution in [0.5, 0.6) is 0 Å². The number of hydrogen-bond acceptors (Lipinski definition) is 5. The van der Waals surface area contributed by atoms with Gasteiger partial charge in [0, 0.05) is 35.6 Å². The lowest BCUT2D eigenvalue weighted by Gasteiger charge is -2.22. The number of guanidine groups is 1. The number of aromatic nitrogens is 1. The van der Waals surface area contributed by atoms with Crippen molar-refractivity contribution in [2.24, 2.45) is 4.40 Å². The van der Waals surface area contributed by atoms with Crippen molar-refractivity contribution in [1.29, 1.82) is 0 Å². The molecular formula is C22H22N4S. The van der Waals surface area contributed by atoms with Gasteiger partial charge in [-0.1, -0.05) is 38.1 Å². The highest BCUT2D eigenvalue weighted by molar-refractivity contribution is 7.98. The SMILES string of the molecule is Cc1cnccc1-c1cccc2c1NC(Nc1ccc(C(C)C)cc1)=NS2. The third-order valence-corrected chi connectivity index (χ3v) is 5.47. The molecular weight excluding hydrogens is 352 g/mol. The molecule has 0 radical (unpaired) electrons. The molecule has 1 aromatic heterocycles. The van der Waals surface area contributed by atoms with Gasteiger partial charge in [-0.05, 0) is 53.8 Å². The van der Waals surface area contributed by atoms with E-state index < -0.39 is 0 Å². The molecule has 0 atom stereocenters. The van der Waals surface area contributed by atoms with Crippen LogP contribution in [-0.2, 0) is 0 Å². The van der Waals surface area contributed by atoms with Crippen LogP contribution in [-0.4, -0.2) is 10.9 Å². The van der Waals surface area contributed by atoms with Crippen LogP contribution in [0.2, 0.25) is 0 Å². The molecule has 1 aliphatic rings. The summed E-state index contributed by atoms with van der Waals surface area (Å²) in [4.78, 5) is 5.33. The Morgan fingerprint density at radius 1 is 1.00 bits per heavy atom. The lowest BCUT2D eigenvalue weighted by Crippen LogP contribution is -2.24. The number of hydrogen-bond donors (Lipinski definition) is 2. The first-order chi connectivity index (χ1) is 13.1. The number of benzene rings is 2. The molecule has 136 valence electrons. The van der Waals surface area contributed by atoms with Gasteiger partial charge in [-0.15, -0.1) is 0 Å². The minimum Gasteiger partial charge on any atom is -0.325 e. The van der Waals surface area contributed by atoms with Crippen LogP contribution in [0.15, 0.2) is 70.2 Å². The van der Waals surface area contributed by atoms with E-state index in [0.29, 0.717) is 5.92 Å². The number of aryl methyl sites for hydroxylation is 1. The zero-order valence-corrected chi connectivity index (χ0v) is 16.5. The predicted molar refractivity (Wildman–Crippen MR) is 115 cm³/mol. The first kappa shape index (κ1) is 17.6. The largest absolute Gasteiger partial charge is 0.325 e. The Labute approximate surface area is 164 Å². The van der Waals surface area contributed by atoms with Crippen molar-refractivity contribution >= 4 is 29.3 Å². The van der Waals surface area contributed by atoms with Crippen molar-refractivity contribution in [3.8, 4) is 11.1 Å². The number of pyridine rings is 1. The molecule has 0 aliphatic carbocycles. The van der Waals surface area contributed by atoms with Crippen molar-refractivity contribution in [1.82, 2.24) is 4.98 Å². The van der Waals surface area contributed by atoms with E-state index in [1.807, 2.05) is 12.4 Å². The van der Waals surface area contributed by atoms with Crippen molar-refractivity contribution in [3.05, 3.63) is 72.1 Å². The van der Waals surface area contributed by atoms with E-state index >= 15 is 0 Å². The number of nitrogens with zero attached hydrogens (tertiary/aromatic N) is 2. The Morgan fingerprint density at radius 2 is 1.81 bits per heavy atom. The fourth-order valence-corrected chi connectivity index (χ4v) is 3.79. The zero-order valence-electron chi connectivity index (χ0n) is 15.7. The van der Waals surface area contributed by atoms with E-state index in [4.69, 9.17) is 0 Å². The molecule has 0 spiro atoms. The number of anilines is 2. The van der Waals surface area contributed by atoms with Gasteiger partial charge in [0.05, 0.1) is 10.6 Å². The average molecular weight is 375 g/mol. The third kappa shape index (κ3) is 3.69. The van der Waals surface area contributed by atoms with Crippen molar-refractivity contribution in [3.63, 3.8) is 0 Å². The Bertz CT molecular complexity index is 993. The minimum atomic E-state index is 0.526. The second-order valence-corrected chi connectivity index (χ2v) is 7.73. The molecule has 0 saturated carbocycles. The van der Waals surface area contributed by atoms with Gasteiger partial charge in [0.25, 0.3) is 0 Å². The van der Waals surface area contributed by atoms with Gasteiger partial charge < -0.3 is 10.6 Å². The molecule has 0 amide bonds. The number of para-hydroxylation sites is 1. The third-order valence-electron chi connectivity index (χ3n) is 4.66. The molecule has 4 rings (SSSR count). The van der Waals surface area contributed by atoms with Crippen molar-refractivity contribution in [2.45, 2.75) is 31.6 Å². The van der Waals surface area contributed by atoms with E-state index in [1.54, 1.807) is 0 Å². The van der Waals surface area contributed by atoms with Crippen LogP contribution in [0.3, 0.4) is 0 Å². The highest BCUT2D eigenvalue weighted by atomic mass is 32.2. The van der Waals surface area contributed by atoms with Crippen LogP contribution in [0.1, 0.15) is 30.9 Å². The van der Waals surface area contributed by atoms with Gasteiger partial charge in [0.15, 0.2) is 0 Å². The van der Waals surface area contributed by atoms with Crippen molar-refractivity contribution in [2.75, 3.05) is 10.6 Å². The summed E-state index contributed by atoms with van der Waals surface area (Å²) >= 11 is 1.49. The molecule has 27 heavy (non-hydrogen) atoms. The maximum atomic E-state index is 4.58. The van der Waals surface area contributed by atoms with E-state index in [9.17, 15) is 0 Å². The van der Waals surface area contributed by atoms with E-state index in [0.717, 1.165) is 33.4 Å². The lowest BCUT2D eigenvalue weighted by molar-refractivity contribution is 0.867. The fraction of sp³-hybridized carbons (Fsp3) is 0.182. The van der Waals surface area contributed by atoms with E-state index in [2.05, 4.69) is 89.3 Å².